The van der Waals surface area contributed by atoms with Crippen LogP contribution in [-0.4, -0.2) is 59.4 Å². The van der Waals surface area contributed by atoms with E-state index in [2.05, 4.69) is 20.8 Å². The molecule has 4 rings (SSSR count). The summed E-state index contributed by atoms with van der Waals surface area (Å²) in [5.41, 5.74) is 1.84. The smallest absolute Gasteiger partial charge is 0.230 e. The number of nitrogens with one attached hydrogen (secondary N) is 2. The molecule has 1 aliphatic rings. The molecule has 2 heterocycles. The third-order valence-corrected chi connectivity index (χ3v) is 6.46. The quantitative estimate of drug-likeness (QED) is 0.366. The molecule has 9 nitrogen and oxygen atoms in total. The van der Waals surface area contributed by atoms with Crippen LogP contribution in [0, 0.1) is 0 Å². The molecule has 10 heteroatoms. The molecular formula is C25H31N5O4S. The van der Waals surface area contributed by atoms with E-state index in [1.165, 1.54) is 11.8 Å². The molecule has 1 amide bonds. The van der Waals surface area contributed by atoms with Gasteiger partial charge in [0.25, 0.3) is 0 Å². The van der Waals surface area contributed by atoms with Crippen molar-refractivity contribution in [2.75, 3.05) is 37.9 Å². The number of aromatic nitrogens is 3. The molecule has 0 spiro atoms. The van der Waals surface area contributed by atoms with Gasteiger partial charge in [0.15, 0.2) is 11.0 Å². The Labute approximate surface area is 209 Å². The van der Waals surface area contributed by atoms with Gasteiger partial charge in [0.05, 0.1) is 32.1 Å². The van der Waals surface area contributed by atoms with Crippen molar-refractivity contribution in [1.29, 1.82) is 0 Å². The largest absolute Gasteiger partial charge is 0.497 e. The maximum absolute atomic E-state index is 12.4. The molecule has 1 saturated heterocycles. The fourth-order valence-corrected chi connectivity index (χ4v) is 4.53. The van der Waals surface area contributed by atoms with Crippen molar-refractivity contribution in [1.82, 2.24) is 20.1 Å². The number of thioether (sulfide) groups is 1. The molecule has 35 heavy (non-hydrogen) atoms. The van der Waals surface area contributed by atoms with E-state index in [0.717, 1.165) is 48.1 Å². The Morgan fingerprint density at radius 1 is 1.14 bits per heavy atom. The number of nitrogens with zero attached hydrogens (tertiary/aromatic N) is 3. The second-order valence-corrected chi connectivity index (χ2v) is 8.91. The minimum absolute atomic E-state index is 0.0520. The third kappa shape index (κ3) is 6.89. The molecule has 0 aliphatic carbocycles. The van der Waals surface area contributed by atoms with Crippen molar-refractivity contribution in [2.24, 2.45) is 0 Å². The molecule has 0 bridgehead atoms. The van der Waals surface area contributed by atoms with Crippen molar-refractivity contribution in [3.05, 3.63) is 54.4 Å². The van der Waals surface area contributed by atoms with E-state index in [9.17, 15) is 4.79 Å². The zero-order valence-corrected chi connectivity index (χ0v) is 20.8. The van der Waals surface area contributed by atoms with Gasteiger partial charge in [-0.15, -0.1) is 10.2 Å². The summed E-state index contributed by atoms with van der Waals surface area (Å²) in [7, 11) is 1.64. The van der Waals surface area contributed by atoms with Crippen LogP contribution < -0.4 is 20.1 Å². The van der Waals surface area contributed by atoms with E-state index < -0.39 is 0 Å². The fraction of sp³-hybridized carbons (Fsp3) is 0.400. The van der Waals surface area contributed by atoms with Crippen LogP contribution in [0.5, 0.6) is 11.5 Å². The van der Waals surface area contributed by atoms with E-state index in [4.69, 9.17) is 14.2 Å². The monoisotopic (exact) mass is 497 g/mol. The first-order valence-electron chi connectivity index (χ1n) is 11.7. The number of carbonyl (C=O) groups is 1. The van der Waals surface area contributed by atoms with Crippen molar-refractivity contribution in [3.63, 3.8) is 0 Å². The molecule has 1 aromatic heterocycles. The summed E-state index contributed by atoms with van der Waals surface area (Å²) < 4.78 is 18.3. The van der Waals surface area contributed by atoms with Gasteiger partial charge in [-0.2, -0.15) is 0 Å². The molecular weight excluding hydrogens is 466 g/mol. The van der Waals surface area contributed by atoms with Crippen LogP contribution in [-0.2, 0) is 16.1 Å². The summed E-state index contributed by atoms with van der Waals surface area (Å²) in [6.45, 7) is 4.36. The summed E-state index contributed by atoms with van der Waals surface area (Å²) in [5.74, 6) is 2.51. The lowest BCUT2D eigenvalue weighted by molar-refractivity contribution is -0.119. The maximum atomic E-state index is 12.4. The Morgan fingerprint density at radius 3 is 2.60 bits per heavy atom. The summed E-state index contributed by atoms with van der Waals surface area (Å²) >= 11 is 1.35. The van der Waals surface area contributed by atoms with Gasteiger partial charge in [-0.05, 0) is 68.3 Å². The van der Waals surface area contributed by atoms with Gasteiger partial charge in [0, 0.05) is 24.5 Å². The SMILES string of the molecule is CCOc1ccc(NCc2nnc(SCC(=O)NC[C@H]3CCCO3)n2-c2ccc(OC)cc2)cc1. The van der Waals surface area contributed by atoms with Crippen molar-refractivity contribution in [2.45, 2.75) is 37.6 Å². The van der Waals surface area contributed by atoms with Gasteiger partial charge in [0.2, 0.25) is 5.91 Å². The van der Waals surface area contributed by atoms with Crippen LogP contribution in [0.15, 0.2) is 53.7 Å². The van der Waals surface area contributed by atoms with Gasteiger partial charge >= 0.3 is 0 Å². The lowest BCUT2D eigenvalue weighted by Crippen LogP contribution is -2.32. The van der Waals surface area contributed by atoms with Crippen LogP contribution >= 0.6 is 11.8 Å². The Hall–Kier alpha value is -3.24. The van der Waals surface area contributed by atoms with Gasteiger partial charge in [-0.3, -0.25) is 9.36 Å². The molecule has 1 atom stereocenters. The van der Waals surface area contributed by atoms with Crippen LogP contribution in [0.3, 0.4) is 0 Å². The number of amides is 1. The molecule has 2 N–H and O–H groups in total. The Morgan fingerprint density at radius 2 is 1.91 bits per heavy atom. The number of carbonyl (C=O) groups excluding carboxylic acids is 1. The zero-order valence-electron chi connectivity index (χ0n) is 20.0. The number of hydrogen-bond donors (Lipinski definition) is 2. The average molecular weight is 498 g/mol. The minimum Gasteiger partial charge on any atom is -0.497 e. The lowest BCUT2D eigenvalue weighted by atomic mass is 10.2. The summed E-state index contributed by atoms with van der Waals surface area (Å²) in [6.07, 6.45) is 2.16. The summed E-state index contributed by atoms with van der Waals surface area (Å²) in [4.78, 5) is 12.4. The molecule has 0 unspecified atom stereocenters. The first-order chi connectivity index (χ1) is 17.2. The van der Waals surface area contributed by atoms with Crippen LogP contribution in [0.4, 0.5) is 5.69 Å². The third-order valence-electron chi connectivity index (χ3n) is 5.53. The predicted molar refractivity (Wildman–Crippen MR) is 136 cm³/mol. The zero-order chi connectivity index (χ0) is 24.5. The number of benzene rings is 2. The topological polar surface area (TPSA) is 99.5 Å². The first-order valence-corrected chi connectivity index (χ1v) is 12.7. The van der Waals surface area contributed by atoms with Crippen molar-refractivity contribution < 1.29 is 19.0 Å². The number of ether oxygens (including phenoxy) is 3. The molecule has 186 valence electrons. The second kappa shape index (κ2) is 12.5. The number of methoxy groups -OCH3 is 1. The molecule has 1 fully saturated rings. The highest BCUT2D eigenvalue weighted by Gasteiger charge is 2.18. The van der Waals surface area contributed by atoms with E-state index in [0.29, 0.717) is 24.9 Å². The normalized spacial score (nSPS) is 15.1. The lowest BCUT2D eigenvalue weighted by Gasteiger charge is -2.13. The Kier molecular flexibility index (Phi) is 8.85. The van der Waals surface area contributed by atoms with Crippen LogP contribution in [0.2, 0.25) is 0 Å². The predicted octanol–water partition coefficient (Wildman–Crippen LogP) is 3.67. The van der Waals surface area contributed by atoms with Gasteiger partial charge < -0.3 is 24.8 Å². The fourth-order valence-electron chi connectivity index (χ4n) is 3.73. The number of rotatable bonds is 12. The molecule has 1 aliphatic heterocycles. The van der Waals surface area contributed by atoms with E-state index in [1.807, 2.05) is 60.0 Å². The Balaban J connectivity index is 1.44. The summed E-state index contributed by atoms with van der Waals surface area (Å²) in [5, 5.41) is 15.8. The van der Waals surface area contributed by atoms with Crippen LogP contribution in [0.25, 0.3) is 5.69 Å². The maximum Gasteiger partial charge on any atom is 0.230 e. The highest BCUT2D eigenvalue weighted by molar-refractivity contribution is 7.99. The van der Waals surface area contributed by atoms with E-state index in [-0.39, 0.29) is 17.8 Å². The molecule has 2 aromatic carbocycles. The highest BCUT2D eigenvalue weighted by atomic mass is 32.2. The average Bonchev–Trinajstić information content (AvgIpc) is 3.56. The molecule has 0 radical (unpaired) electrons. The van der Waals surface area contributed by atoms with Crippen molar-refractivity contribution >= 4 is 23.4 Å². The molecule has 0 saturated carbocycles. The second-order valence-electron chi connectivity index (χ2n) is 7.97. The number of hydrogen-bond acceptors (Lipinski definition) is 8. The minimum atomic E-state index is -0.0520. The Bertz CT molecular complexity index is 1080. The summed E-state index contributed by atoms with van der Waals surface area (Å²) in [6, 6.07) is 15.5. The van der Waals surface area contributed by atoms with Crippen LogP contribution in [0.1, 0.15) is 25.6 Å². The van der Waals surface area contributed by atoms with Crippen molar-refractivity contribution in [3.8, 4) is 17.2 Å². The highest BCUT2D eigenvalue weighted by Crippen LogP contribution is 2.25. The standard InChI is InChI=1S/C25H31N5O4S/c1-3-33-21-10-6-18(7-11-21)26-16-23-28-29-25(30(23)19-8-12-20(32-2)13-9-19)35-17-24(31)27-15-22-5-4-14-34-22/h6-13,22,26H,3-5,14-17H2,1-2H3,(H,27,31)/t22-/m1/s1. The van der Waals surface area contributed by atoms with Gasteiger partial charge in [-0.25, -0.2) is 0 Å². The van der Waals surface area contributed by atoms with E-state index in [1.54, 1.807) is 7.11 Å². The molecule has 3 aromatic rings. The van der Waals surface area contributed by atoms with Gasteiger partial charge in [0.1, 0.15) is 11.5 Å². The number of anilines is 1. The first kappa shape index (κ1) is 24.9. The van der Waals surface area contributed by atoms with Gasteiger partial charge in [-0.1, -0.05) is 11.8 Å². The van der Waals surface area contributed by atoms with E-state index >= 15 is 0 Å².